The largest absolute Gasteiger partial charge is 0.361 e. The van der Waals surface area contributed by atoms with Crippen molar-refractivity contribution in [3.8, 4) is 11.4 Å². The van der Waals surface area contributed by atoms with Crippen LogP contribution in [0.3, 0.4) is 0 Å². The number of hydrogen-bond acceptors (Lipinski definition) is 2. The maximum atomic E-state index is 12.0. The first-order valence-electron chi connectivity index (χ1n) is 11.1. The molecule has 1 aliphatic rings. The summed E-state index contributed by atoms with van der Waals surface area (Å²) in [5, 5.41) is 0. The number of alkyl halides is 1. The van der Waals surface area contributed by atoms with Gasteiger partial charge in [-0.1, -0.05) is 25.1 Å². The Labute approximate surface area is 195 Å². The molecule has 32 heavy (non-hydrogen) atoms. The molecule has 0 fully saturated rings. The molecular formula is C26H32ClN3O2+2. The van der Waals surface area contributed by atoms with Crippen LogP contribution < -0.4 is 14.0 Å². The zero-order valence-electron chi connectivity index (χ0n) is 19.1. The predicted octanol–water partition coefficient (Wildman–Crippen LogP) is 4.07. The number of aromatic nitrogens is 2. The Kier molecular flexibility index (Phi) is 8.77. The number of hydrogen-bond donors (Lipinski definition) is 0. The van der Waals surface area contributed by atoms with Crippen LogP contribution in [0.25, 0.3) is 11.4 Å². The van der Waals surface area contributed by atoms with Crippen LogP contribution in [0.2, 0.25) is 0 Å². The normalized spacial score (nSPS) is 11.6. The highest BCUT2D eigenvalue weighted by molar-refractivity contribution is 6.29. The van der Waals surface area contributed by atoms with E-state index in [-0.39, 0.29) is 18.5 Å². The fourth-order valence-corrected chi connectivity index (χ4v) is 4.07. The maximum Gasteiger partial charge on any atom is 0.277 e. The molecule has 1 aromatic carbocycles. The molecule has 3 heterocycles. The van der Waals surface area contributed by atoms with Gasteiger partial charge in [-0.15, -0.1) is 11.6 Å². The van der Waals surface area contributed by atoms with E-state index in [1.165, 1.54) is 11.4 Å². The van der Waals surface area contributed by atoms with E-state index >= 15 is 0 Å². The van der Waals surface area contributed by atoms with Crippen molar-refractivity contribution in [3.05, 3.63) is 78.1 Å². The van der Waals surface area contributed by atoms with Gasteiger partial charge in [0.25, 0.3) is 11.4 Å². The molecule has 0 N–H and O–H groups in total. The number of carbonyl (C=O) groups is 1. The summed E-state index contributed by atoms with van der Waals surface area (Å²) >= 11 is 5.68. The third-order valence-electron chi connectivity index (χ3n) is 5.54. The Morgan fingerprint density at radius 2 is 1.59 bits per heavy atom. The molecule has 0 bridgehead atoms. The summed E-state index contributed by atoms with van der Waals surface area (Å²) < 4.78 is 9.98. The van der Waals surface area contributed by atoms with Crippen LogP contribution in [0.5, 0.6) is 0 Å². The van der Waals surface area contributed by atoms with Gasteiger partial charge >= 0.3 is 0 Å². The second-order valence-electron chi connectivity index (χ2n) is 7.57. The summed E-state index contributed by atoms with van der Waals surface area (Å²) in [6.45, 7) is 8.92. The number of aryl methyl sites for hydroxylation is 4. The third kappa shape index (κ3) is 5.53. The van der Waals surface area contributed by atoms with Crippen LogP contribution >= 0.6 is 11.6 Å². The summed E-state index contributed by atoms with van der Waals surface area (Å²) in [7, 11) is 0. The second kappa shape index (κ2) is 11.7. The molecule has 3 aromatic rings. The van der Waals surface area contributed by atoms with Crippen LogP contribution in [0.4, 0.5) is 5.69 Å². The van der Waals surface area contributed by atoms with Crippen molar-refractivity contribution in [2.75, 3.05) is 24.1 Å². The van der Waals surface area contributed by atoms with E-state index in [1.54, 1.807) is 4.90 Å². The monoisotopic (exact) mass is 453 g/mol. The number of carbonyl (C=O) groups excluding carboxylic acids is 1. The number of pyridine rings is 2. The first-order valence-corrected chi connectivity index (χ1v) is 11.6. The number of para-hydroxylation sites is 1. The number of fused-ring (bicyclic) bond motifs is 3. The van der Waals surface area contributed by atoms with Crippen molar-refractivity contribution < 1.29 is 18.7 Å². The van der Waals surface area contributed by atoms with Gasteiger partial charge in [-0.3, -0.25) is 9.69 Å². The van der Waals surface area contributed by atoms with Gasteiger partial charge in [0.05, 0.1) is 5.69 Å². The Balaban J connectivity index is 0.000000185. The predicted molar refractivity (Wildman–Crippen MR) is 128 cm³/mol. The average Bonchev–Trinajstić information content (AvgIpc) is 2.85. The topological polar surface area (TPSA) is 37.3 Å². The van der Waals surface area contributed by atoms with Crippen LogP contribution in [0, 0.1) is 6.92 Å². The highest BCUT2D eigenvalue weighted by Gasteiger charge is 2.27. The first-order chi connectivity index (χ1) is 15.6. The van der Waals surface area contributed by atoms with E-state index in [0.29, 0.717) is 6.61 Å². The van der Waals surface area contributed by atoms with Gasteiger partial charge in [0.2, 0.25) is 19.0 Å². The molecular weight excluding hydrogens is 422 g/mol. The smallest absolute Gasteiger partial charge is 0.277 e. The number of rotatable bonds is 6. The van der Waals surface area contributed by atoms with Crippen molar-refractivity contribution in [2.24, 2.45) is 0 Å². The molecule has 1 amide bonds. The number of ether oxygens (including phenoxy) is 1. The molecule has 0 atom stereocenters. The minimum Gasteiger partial charge on any atom is -0.361 e. The zero-order chi connectivity index (χ0) is 22.9. The molecule has 0 saturated heterocycles. The van der Waals surface area contributed by atoms with E-state index in [1.807, 2.05) is 32.0 Å². The lowest BCUT2D eigenvalue weighted by Gasteiger charge is -2.25. The van der Waals surface area contributed by atoms with Crippen LogP contribution in [0.15, 0.2) is 67.0 Å². The minimum absolute atomic E-state index is 0.0371. The molecule has 2 aromatic heterocycles. The van der Waals surface area contributed by atoms with Crippen molar-refractivity contribution in [1.29, 1.82) is 0 Å². The molecule has 0 spiro atoms. The lowest BCUT2D eigenvalue weighted by atomic mass is 10.0. The molecule has 5 nitrogen and oxygen atoms in total. The number of anilines is 1. The summed E-state index contributed by atoms with van der Waals surface area (Å²) in [6, 6.07) is 18.7. The molecule has 1 aliphatic heterocycles. The minimum atomic E-state index is -0.130. The second-order valence-corrected chi connectivity index (χ2v) is 7.84. The quantitative estimate of drug-likeness (QED) is 0.320. The van der Waals surface area contributed by atoms with Crippen molar-refractivity contribution >= 4 is 23.2 Å². The Hall–Kier alpha value is -2.76. The summed E-state index contributed by atoms with van der Waals surface area (Å²) in [6.07, 6.45) is 5.16. The van der Waals surface area contributed by atoms with E-state index in [0.717, 1.165) is 36.3 Å². The average molecular weight is 454 g/mol. The van der Waals surface area contributed by atoms with Gasteiger partial charge in [0.15, 0.2) is 12.4 Å². The van der Waals surface area contributed by atoms with E-state index in [9.17, 15) is 4.79 Å². The Bertz CT molecular complexity index is 1010. The molecule has 0 radical (unpaired) electrons. The SMILES string of the molecule is CCOCN(C(=O)CCl)c1c(C)cccc1CC.c1cc[n+]2c(c1)-c1cccc[n+]1CC2. The standard InChI is InChI=1S/C14H20ClNO2.C12H12N2/c1-4-12-8-6-7-11(3)14(12)16(10-18-5-2)13(17)9-15;1-3-7-13-9-10-14-8-4-2-6-12(14)11(13)5-1/h6-8H,4-5,9-10H2,1-3H3;1-8H,9-10H2/q;+2. The van der Waals surface area contributed by atoms with Gasteiger partial charge in [0, 0.05) is 30.9 Å². The van der Waals surface area contributed by atoms with Crippen molar-refractivity contribution in [3.63, 3.8) is 0 Å². The van der Waals surface area contributed by atoms with E-state index in [2.05, 4.69) is 64.8 Å². The van der Waals surface area contributed by atoms with E-state index in [4.69, 9.17) is 16.3 Å². The maximum absolute atomic E-state index is 12.0. The molecule has 0 aliphatic carbocycles. The van der Waals surface area contributed by atoms with Crippen LogP contribution in [-0.2, 0) is 29.0 Å². The fraction of sp³-hybridized carbons (Fsp3) is 0.346. The molecule has 6 heteroatoms. The Morgan fingerprint density at radius 1 is 0.969 bits per heavy atom. The van der Waals surface area contributed by atoms with Crippen molar-refractivity contribution in [1.82, 2.24) is 0 Å². The highest BCUT2D eigenvalue weighted by atomic mass is 35.5. The Morgan fingerprint density at radius 3 is 2.12 bits per heavy atom. The number of benzene rings is 1. The summed E-state index contributed by atoms with van der Waals surface area (Å²) in [4.78, 5) is 13.6. The number of halogens is 1. The van der Waals surface area contributed by atoms with Gasteiger partial charge in [-0.05, 0) is 43.5 Å². The number of amides is 1. The third-order valence-corrected chi connectivity index (χ3v) is 5.77. The summed E-state index contributed by atoms with van der Waals surface area (Å²) in [5.74, 6) is -0.168. The van der Waals surface area contributed by atoms with E-state index < -0.39 is 0 Å². The molecule has 0 saturated carbocycles. The van der Waals surface area contributed by atoms with Crippen molar-refractivity contribution in [2.45, 2.75) is 40.3 Å². The van der Waals surface area contributed by atoms with Gasteiger partial charge in [0.1, 0.15) is 12.6 Å². The van der Waals surface area contributed by atoms with Crippen LogP contribution in [0.1, 0.15) is 25.0 Å². The highest BCUT2D eigenvalue weighted by Crippen LogP contribution is 2.26. The van der Waals surface area contributed by atoms with Gasteiger partial charge < -0.3 is 4.74 Å². The lowest BCUT2D eigenvalue weighted by Crippen LogP contribution is -2.52. The first kappa shape index (κ1) is 23.9. The summed E-state index contributed by atoms with van der Waals surface area (Å²) in [5.41, 5.74) is 5.73. The van der Waals surface area contributed by atoms with Gasteiger partial charge in [-0.25, -0.2) is 0 Å². The zero-order valence-corrected chi connectivity index (χ0v) is 19.9. The molecule has 168 valence electrons. The molecule has 4 rings (SSSR count). The fourth-order valence-electron chi connectivity index (χ4n) is 3.93. The number of nitrogens with zero attached hydrogens (tertiary/aromatic N) is 3. The van der Waals surface area contributed by atoms with Gasteiger partial charge in [-0.2, -0.15) is 9.13 Å². The van der Waals surface area contributed by atoms with Crippen LogP contribution in [-0.4, -0.2) is 25.1 Å². The lowest BCUT2D eigenvalue weighted by molar-refractivity contribution is -0.794. The molecule has 0 unspecified atom stereocenters.